The largest absolute Gasteiger partial charge is 0.297 e. The van der Waals surface area contributed by atoms with Crippen LogP contribution in [-0.2, 0) is 14.3 Å². The molecule has 3 nitrogen and oxygen atoms in total. The van der Waals surface area contributed by atoms with E-state index in [1.807, 2.05) is 6.92 Å². The summed E-state index contributed by atoms with van der Waals surface area (Å²) in [5, 5.41) is 0. The molecule has 106 valence electrons. The van der Waals surface area contributed by atoms with Crippen molar-refractivity contribution in [2.24, 2.45) is 11.8 Å². The van der Waals surface area contributed by atoms with Crippen LogP contribution in [0.3, 0.4) is 0 Å². The molecule has 0 bridgehead atoms. The number of aryl methyl sites for hydroxylation is 1. The third-order valence-corrected chi connectivity index (χ3v) is 5.31. The fourth-order valence-corrected chi connectivity index (χ4v) is 4.00. The molecule has 4 heteroatoms. The standard InChI is InChI=1S/C15H22O3S/c1-11-7-9-14(10-8-11)19(16,17)18-15-12(2)5-4-6-13(15)3/h7-10,12-13,15H,4-6H2,1-3H3. The van der Waals surface area contributed by atoms with E-state index in [0.717, 1.165) is 24.8 Å². The van der Waals surface area contributed by atoms with Crippen LogP contribution in [0.25, 0.3) is 0 Å². The van der Waals surface area contributed by atoms with Gasteiger partial charge >= 0.3 is 0 Å². The molecular formula is C15H22O3S. The first-order chi connectivity index (χ1) is 8.90. The van der Waals surface area contributed by atoms with E-state index in [-0.39, 0.29) is 11.0 Å². The normalized spacial score (nSPS) is 28.3. The second kappa shape index (κ2) is 5.63. The van der Waals surface area contributed by atoms with Crippen molar-refractivity contribution in [3.63, 3.8) is 0 Å². The molecule has 0 heterocycles. The zero-order valence-corrected chi connectivity index (χ0v) is 12.6. The Morgan fingerprint density at radius 1 is 1.05 bits per heavy atom. The molecule has 0 saturated heterocycles. The third kappa shape index (κ3) is 3.37. The van der Waals surface area contributed by atoms with Crippen molar-refractivity contribution in [3.05, 3.63) is 29.8 Å². The van der Waals surface area contributed by atoms with Gasteiger partial charge in [-0.15, -0.1) is 0 Å². The van der Waals surface area contributed by atoms with E-state index in [1.165, 1.54) is 0 Å². The summed E-state index contributed by atoms with van der Waals surface area (Å²) in [5.74, 6) is 0.591. The third-order valence-electron chi connectivity index (χ3n) is 3.99. The van der Waals surface area contributed by atoms with Crippen molar-refractivity contribution < 1.29 is 12.6 Å². The smallest absolute Gasteiger partial charge is 0.262 e. The van der Waals surface area contributed by atoms with Crippen LogP contribution < -0.4 is 0 Å². The molecule has 1 fully saturated rings. The van der Waals surface area contributed by atoms with Gasteiger partial charge in [0.05, 0.1) is 11.0 Å². The van der Waals surface area contributed by atoms with Crippen LogP contribution in [0.2, 0.25) is 0 Å². The summed E-state index contributed by atoms with van der Waals surface area (Å²) in [5.41, 5.74) is 1.04. The first kappa shape index (κ1) is 14.5. The Bertz CT molecular complexity index is 509. The maximum atomic E-state index is 12.3. The molecule has 1 saturated carbocycles. The molecule has 2 atom stereocenters. The predicted molar refractivity (Wildman–Crippen MR) is 75.4 cm³/mol. The molecule has 0 N–H and O–H groups in total. The van der Waals surface area contributed by atoms with Gasteiger partial charge < -0.3 is 0 Å². The highest BCUT2D eigenvalue weighted by Gasteiger charge is 2.33. The van der Waals surface area contributed by atoms with E-state index in [4.69, 9.17) is 4.18 Å². The molecule has 1 aliphatic rings. The van der Waals surface area contributed by atoms with Gasteiger partial charge in [0.2, 0.25) is 0 Å². The minimum absolute atomic E-state index is 0.194. The van der Waals surface area contributed by atoms with Gasteiger partial charge in [-0.25, -0.2) is 0 Å². The van der Waals surface area contributed by atoms with E-state index in [2.05, 4.69) is 13.8 Å². The van der Waals surface area contributed by atoms with Crippen molar-refractivity contribution in [3.8, 4) is 0 Å². The Morgan fingerprint density at radius 2 is 1.58 bits per heavy atom. The van der Waals surface area contributed by atoms with Gasteiger partial charge in [0.1, 0.15) is 0 Å². The number of hydrogen-bond donors (Lipinski definition) is 0. The van der Waals surface area contributed by atoms with Gasteiger partial charge in [-0.3, -0.25) is 4.18 Å². The Kier molecular flexibility index (Phi) is 4.31. The summed E-state index contributed by atoms with van der Waals surface area (Å²) in [7, 11) is -3.64. The molecule has 2 unspecified atom stereocenters. The minimum atomic E-state index is -3.64. The Morgan fingerprint density at radius 3 is 2.11 bits per heavy atom. The highest BCUT2D eigenvalue weighted by atomic mass is 32.2. The first-order valence-corrected chi connectivity index (χ1v) is 8.31. The molecule has 1 aromatic carbocycles. The zero-order chi connectivity index (χ0) is 14.0. The molecule has 0 aromatic heterocycles. The monoisotopic (exact) mass is 282 g/mol. The molecule has 0 aliphatic heterocycles. The number of hydrogen-bond acceptors (Lipinski definition) is 3. The van der Waals surface area contributed by atoms with Crippen LogP contribution >= 0.6 is 0 Å². The van der Waals surface area contributed by atoms with E-state index in [9.17, 15) is 8.42 Å². The Labute approximate surface area is 116 Å². The van der Waals surface area contributed by atoms with Crippen LogP contribution in [0, 0.1) is 18.8 Å². The van der Waals surface area contributed by atoms with Crippen LogP contribution in [0.4, 0.5) is 0 Å². The van der Waals surface area contributed by atoms with E-state index in [0.29, 0.717) is 11.8 Å². The van der Waals surface area contributed by atoms with Gasteiger partial charge in [0.15, 0.2) is 0 Å². The van der Waals surface area contributed by atoms with Crippen LogP contribution in [0.1, 0.15) is 38.7 Å². The highest BCUT2D eigenvalue weighted by molar-refractivity contribution is 7.86. The van der Waals surface area contributed by atoms with Crippen molar-refractivity contribution in [1.29, 1.82) is 0 Å². The summed E-state index contributed by atoms with van der Waals surface area (Å²) in [4.78, 5) is 0.253. The summed E-state index contributed by atoms with van der Waals surface area (Å²) in [6.07, 6.45) is 3.05. The van der Waals surface area contributed by atoms with Crippen LogP contribution in [0.5, 0.6) is 0 Å². The molecule has 0 amide bonds. The lowest BCUT2D eigenvalue weighted by Crippen LogP contribution is -2.34. The van der Waals surface area contributed by atoms with Crippen LogP contribution in [-0.4, -0.2) is 14.5 Å². The van der Waals surface area contributed by atoms with Crippen molar-refractivity contribution in [2.45, 2.75) is 51.0 Å². The maximum Gasteiger partial charge on any atom is 0.297 e. The van der Waals surface area contributed by atoms with Gasteiger partial charge in [0, 0.05) is 0 Å². The molecule has 1 aromatic rings. The summed E-state index contributed by atoms with van der Waals surface area (Å²) in [6, 6.07) is 6.82. The quantitative estimate of drug-likeness (QED) is 0.797. The summed E-state index contributed by atoms with van der Waals surface area (Å²) in [6.45, 7) is 6.08. The van der Waals surface area contributed by atoms with Crippen molar-refractivity contribution in [2.75, 3.05) is 0 Å². The van der Waals surface area contributed by atoms with Crippen molar-refractivity contribution >= 4 is 10.1 Å². The van der Waals surface area contributed by atoms with Gasteiger partial charge in [0.25, 0.3) is 10.1 Å². The number of rotatable bonds is 3. The molecule has 0 spiro atoms. The molecule has 0 radical (unpaired) electrons. The second-order valence-corrected chi connectivity index (χ2v) is 7.29. The topological polar surface area (TPSA) is 43.4 Å². The van der Waals surface area contributed by atoms with Gasteiger partial charge in [-0.1, -0.05) is 38.0 Å². The Balaban J connectivity index is 2.18. The van der Waals surface area contributed by atoms with Crippen LogP contribution in [0.15, 0.2) is 29.2 Å². The lowest BCUT2D eigenvalue weighted by molar-refractivity contribution is 0.0610. The first-order valence-electron chi connectivity index (χ1n) is 6.90. The number of benzene rings is 1. The fraction of sp³-hybridized carbons (Fsp3) is 0.600. The van der Waals surface area contributed by atoms with Gasteiger partial charge in [-0.05, 0) is 43.7 Å². The lowest BCUT2D eigenvalue weighted by Gasteiger charge is -2.33. The van der Waals surface area contributed by atoms with E-state index in [1.54, 1.807) is 24.3 Å². The molecule has 2 rings (SSSR count). The molecular weight excluding hydrogens is 260 g/mol. The lowest BCUT2D eigenvalue weighted by atomic mass is 9.81. The Hall–Kier alpha value is -0.870. The van der Waals surface area contributed by atoms with Crippen molar-refractivity contribution in [1.82, 2.24) is 0 Å². The highest BCUT2D eigenvalue weighted by Crippen LogP contribution is 2.33. The average Bonchev–Trinajstić information content (AvgIpc) is 2.35. The molecule has 19 heavy (non-hydrogen) atoms. The average molecular weight is 282 g/mol. The minimum Gasteiger partial charge on any atom is -0.262 e. The fourth-order valence-electron chi connectivity index (χ4n) is 2.75. The summed E-state index contributed by atoms with van der Waals surface area (Å²) < 4.78 is 30.1. The van der Waals surface area contributed by atoms with E-state index >= 15 is 0 Å². The SMILES string of the molecule is Cc1ccc(S(=O)(=O)OC2C(C)CCCC2C)cc1. The second-order valence-electron chi connectivity index (χ2n) is 5.71. The van der Waals surface area contributed by atoms with E-state index < -0.39 is 10.1 Å². The predicted octanol–water partition coefficient (Wildman–Crippen LogP) is 3.53. The molecule has 1 aliphatic carbocycles. The van der Waals surface area contributed by atoms with Gasteiger partial charge in [-0.2, -0.15) is 8.42 Å². The maximum absolute atomic E-state index is 12.3. The summed E-state index contributed by atoms with van der Waals surface area (Å²) >= 11 is 0. The zero-order valence-electron chi connectivity index (χ0n) is 11.8.